The van der Waals surface area contributed by atoms with Crippen molar-refractivity contribution in [2.24, 2.45) is 0 Å². The zero-order valence-corrected chi connectivity index (χ0v) is 15.8. The number of nitrogens with zero attached hydrogens (tertiary/aromatic N) is 5. The van der Waals surface area contributed by atoms with E-state index in [1.165, 1.54) is 11.1 Å². The van der Waals surface area contributed by atoms with Gasteiger partial charge in [-0.25, -0.2) is 14.6 Å². The van der Waals surface area contributed by atoms with Gasteiger partial charge in [-0.05, 0) is 39.5 Å². The van der Waals surface area contributed by atoms with Crippen molar-refractivity contribution < 1.29 is 0 Å². The van der Waals surface area contributed by atoms with Crippen molar-refractivity contribution in [3.05, 3.63) is 47.9 Å². The van der Waals surface area contributed by atoms with Gasteiger partial charge in [-0.15, -0.1) is 12.4 Å². The van der Waals surface area contributed by atoms with E-state index in [4.69, 9.17) is 0 Å². The molecule has 1 aromatic carbocycles. The molecule has 0 spiro atoms. The highest BCUT2D eigenvalue weighted by Gasteiger charge is 2.09. The lowest BCUT2D eigenvalue weighted by Crippen LogP contribution is -2.16. The van der Waals surface area contributed by atoms with Gasteiger partial charge < -0.3 is 10.2 Å². The summed E-state index contributed by atoms with van der Waals surface area (Å²) in [5, 5.41) is 8.86. The van der Waals surface area contributed by atoms with Crippen molar-refractivity contribution in [3.8, 4) is 0 Å². The Labute approximate surface area is 154 Å². The van der Waals surface area contributed by atoms with Crippen LogP contribution in [0.3, 0.4) is 0 Å². The van der Waals surface area contributed by atoms with Gasteiger partial charge in [-0.2, -0.15) is 5.10 Å². The second kappa shape index (κ2) is 8.78. The number of hydrogen-bond donors (Lipinski definition) is 1. The molecule has 0 saturated carbocycles. The van der Waals surface area contributed by atoms with Crippen LogP contribution in [0, 0.1) is 6.92 Å². The Bertz CT molecular complexity index is 797. The van der Waals surface area contributed by atoms with E-state index in [1.54, 1.807) is 6.33 Å². The number of nitrogens with one attached hydrogen (secondary N) is 1. The largest absolute Gasteiger partial charge is 0.369 e. The van der Waals surface area contributed by atoms with Crippen LogP contribution in [0.2, 0.25) is 0 Å². The summed E-state index contributed by atoms with van der Waals surface area (Å²) in [7, 11) is 4.16. The third-order valence-corrected chi connectivity index (χ3v) is 3.96. The minimum Gasteiger partial charge on any atom is -0.369 e. The molecule has 3 rings (SSSR count). The Morgan fingerprint density at radius 2 is 1.88 bits per heavy atom. The first kappa shape index (κ1) is 19.1. The van der Waals surface area contributed by atoms with Gasteiger partial charge in [0.05, 0.1) is 18.1 Å². The maximum atomic E-state index is 4.50. The molecule has 0 atom stereocenters. The predicted molar refractivity (Wildman–Crippen MR) is 105 cm³/mol. The molecular formula is C18H25ClN6. The summed E-state index contributed by atoms with van der Waals surface area (Å²) in [6.45, 7) is 4.73. The minimum absolute atomic E-state index is 0. The highest BCUT2D eigenvalue weighted by molar-refractivity contribution is 5.86. The predicted octanol–water partition coefficient (Wildman–Crippen LogP) is 2.97. The van der Waals surface area contributed by atoms with E-state index in [9.17, 15) is 0 Å². The van der Waals surface area contributed by atoms with Crippen LogP contribution in [-0.4, -0.2) is 51.8 Å². The summed E-state index contributed by atoms with van der Waals surface area (Å²) in [5.41, 5.74) is 3.33. The molecule has 0 saturated heterocycles. The maximum absolute atomic E-state index is 4.50. The molecule has 0 unspecified atom stereocenters. The molecule has 0 aliphatic heterocycles. The highest BCUT2D eigenvalue weighted by Crippen LogP contribution is 2.19. The quantitative estimate of drug-likeness (QED) is 0.656. The van der Waals surface area contributed by atoms with Crippen LogP contribution < -0.4 is 5.32 Å². The van der Waals surface area contributed by atoms with Crippen molar-refractivity contribution >= 4 is 29.3 Å². The summed E-state index contributed by atoms with van der Waals surface area (Å²) in [5.74, 6) is 0.855. The molecule has 3 aromatic rings. The van der Waals surface area contributed by atoms with Crippen LogP contribution in [0.15, 0.2) is 36.8 Å². The summed E-state index contributed by atoms with van der Waals surface area (Å²) >= 11 is 0. The number of fused-ring (bicyclic) bond motifs is 1. The number of aryl methyl sites for hydroxylation is 1. The van der Waals surface area contributed by atoms with E-state index in [0.29, 0.717) is 6.54 Å². The minimum atomic E-state index is 0. The van der Waals surface area contributed by atoms with Gasteiger partial charge in [-0.1, -0.05) is 29.8 Å². The molecule has 0 aliphatic carbocycles. The van der Waals surface area contributed by atoms with Crippen molar-refractivity contribution in [3.63, 3.8) is 0 Å². The highest BCUT2D eigenvalue weighted by atomic mass is 35.5. The van der Waals surface area contributed by atoms with Crippen LogP contribution in [0.1, 0.15) is 17.5 Å². The normalized spacial score (nSPS) is 10.9. The molecular weight excluding hydrogens is 336 g/mol. The van der Waals surface area contributed by atoms with Crippen molar-refractivity contribution in [1.29, 1.82) is 0 Å². The SMILES string of the molecule is Cc1ccc(Cn2ncc3c(NCCCN(C)C)ncnc32)cc1.Cl. The number of aromatic nitrogens is 4. The molecule has 1 N–H and O–H groups in total. The van der Waals surface area contributed by atoms with Crippen LogP contribution in [0.25, 0.3) is 11.0 Å². The fourth-order valence-corrected chi connectivity index (χ4v) is 2.62. The molecule has 2 heterocycles. The Morgan fingerprint density at radius 3 is 2.60 bits per heavy atom. The first-order chi connectivity index (χ1) is 11.6. The number of anilines is 1. The molecule has 0 aliphatic rings. The second-order valence-corrected chi connectivity index (χ2v) is 6.33. The van der Waals surface area contributed by atoms with Crippen LogP contribution >= 0.6 is 12.4 Å². The summed E-state index contributed by atoms with van der Waals surface area (Å²) in [6, 6.07) is 8.50. The van der Waals surface area contributed by atoms with E-state index in [2.05, 4.69) is 70.6 Å². The van der Waals surface area contributed by atoms with Gasteiger partial charge in [0, 0.05) is 6.54 Å². The monoisotopic (exact) mass is 360 g/mol. The Morgan fingerprint density at radius 1 is 1.12 bits per heavy atom. The molecule has 25 heavy (non-hydrogen) atoms. The standard InChI is InChI=1S/C18H24N6.ClH/c1-14-5-7-15(8-6-14)12-24-18-16(11-22-24)17(20-13-21-18)19-9-4-10-23(2)3;/h5-8,11,13H,4,9-10,12H2,1-3H3,(H,19,20,21);1H. The number of hydrogen-bond acceptors (Lipinski definition) is 5. The van der Waals surface area contributed by atoms with E-state index < -0.39 is 0 Å². The average Bonchev–Trinajstić information content (AvgIpc) is 2.97. The zero-order chi connectivity index (χ0) is 16.9. The Balaban J connectivity index is 0.00000225. The smallest absolute Gasteiger partial charge is 0.163 e. The fraction of sp³-hybridized carbons (Fsp3) is 0.389. The number of benzene rings is 1. The lowest BCUT2D eigenvalue weighted by atomic mass is 10.1. The molecule has 0 bridgehead atoms. The van der Waals surface area contributed by atoms with Crippen molar-refractivity contribution in [2.75, 3.05) is 32.5 Å². The van der Waals surface area contributed by atoms with E-state index in [0.717, 1.165) is 36.4 Å². The fourth-order valence-electron chi connectivity index (χ4n) is 2.62. The van der Waals surface area contributed by atoms with E-state index in [-0.39, 0.29) is 12.4 Å². The maximum Gasteiger partial charge on any atom is 0.163 e. The van der Waals surface area contributed by atoms with Crippen LogP contribution in [-0.2, 0) is 6.54 Å². The molecule has 6 nitrogen and oxygen atoms in total. The third kappa shape index (κ3) is 4.90. The van der Waals surface area contributed by atoms with Gasteiger partial charge >= 0.3 is 0 Å². The average molecular weight is 361 g/mol. The number of rotatable bonds is 7. The van der Waals surface area contributed by atoms with Crippen molar-refractivity contribution in [2.45, 2.75) is 19.9 Å². The third-order valence-electron chi connectivity index (χ3n) is 3.96. The molecule has 7 heteroatoms. The topological polar surface area (TPSA) is 58.9 Å². The summed E-state index contributed by atoms with van der Waals surface area (Å²) < 4.78 is 1.92. The summed E-state index contributed by atoms with van der Waals surface area (Å²) in [4.78, 5) is 11.0. The summed E-state index contributed by atoms with van der Waals surface area (Å²) in [6.07, 6.45) is 4.51. The van der Waals surface area contributed by atoms with Crippen molar-refractivity contribution in [1.82, 2.24) is 24.6 Å². The molecule has 0 amide bonds. The van der Waals surface area contributed by atoms with Gasteiger partial charge in [0.15, 0.2) is 5.65 Å². The van der Waals surface area contributed by atoms with Gasteiger partial charge in [0.2, 0.25) is 0 Å². The van der Waals surface area contributed by atoms with Gasteiger partial charge in [-0.3, -0.25) is 0 Å². The van der Waals surface area contributed by atoms with E-state index >= 15 is 0 Å². The first-order valence-corrected chi connectivity index (χ1v) is 8.24. The van der Waals surface area contributed by atoms with Gasteiger partial charge in [0.1, 0.15) is 12.1 Å². The number of halogens is 1. The Hall–Kier alpha value is -2.18. The van der Waals surface area contributed by atoms with Crippen LogP contribution in [0.5, 0.6) is 0 Å². The second-order valence-electron chi connectivity index (χ2n) is 6.33. The Kier molecular flexibility index (Phi) is 6.73. The lowest BCUT2D eigenvalue weighted by molar-refractivity contribution is 0.405. The molecule has 0 fully saturated rings. The first-order valence-electron chi connectivity index (χ1n) is 8.24. The van der Waals surface area contributed by atoms with Gasteiger partial charge in [0.25, 0.3) is 0 Å². The molecule has 2 aromatic heterocycles. The zero-order valence-electron chi connectivity index (χ0n) is 14.9. The molecule has 0 radical (unpaired) electrons. The molecule has 134 valence electrons. The van der Waals surface area contributed by atoms with Crippen LogP contribution in [0.4, 0.5) is 5.82 Å². The van der Waals surface area contributed by atoms with E-state index in [1.807, 2.05) is 10.9 Å². The lowest BCUT2D eigenvalue weighted by Gasteiger charge is -2.10.